The van der Waals surface area contributed by atoms with Crippen LogP contribution in [0.3, 0.4) is 0 Å². The SMILES string of the molecule is BCC1CCCNCCC1. The van der Waals surface area contributed by atoms with Gasteiger partial charge in [0, 0.05) is 0 Å². The lowest BCUT2D eigenvalue weighted by Crippen LogP contribution is -2.21. The van der Waals surface area contributed by atoms with Gasteiger partial charge in [0.05, 0.1) is 0 Å². The molecule has 2 heteroatoms. The zero-order valence-electron chi connectivity index (χ0n) is 7.03. The van der Waals surface area contributed by atoms with Crippen molar-refractivity contribution in [2.45, 2.75) is 32.0 Å². The lowest BCUT2D eigenvalue weighted by molar-refractivity contribution is 0.414. The summed E-state index contributed by atoms with van der Waals surface area (Å²) in [5.74, 6) is 1.03. The molecule has 58 valence electrons. The van der Waals surface area contributed by atoms with Gasteiger partial charge in [-0.3, -0.25) is 0 Å². The summed E-state index contributed by atoms with van der Waals surface area (Å²) in [6.45, 7) is 2.49. The summed E-state index contributed by atoms with van der Waals surface area (Å²) >= 11 is 0. The summed E-state index contributed by atoms with van der Waals surface area (Å²) in [5, 5.41) is 3.43. The second kappa shape index (κ2) is 4.78. The molecule has 1 nitrogen and oxygen atoms in total. The fraction of sp³-hybridized carbons (Fsp3) is 1.00. The molecule has 0 radical (unpaired) electrons. The summed E-state index contributed by atoms with van der Waals surface area (Å²) in [4.78, 5) is 0. The van der Waals surface area contributed by atoms with Gasteiger partial charge in [-0.15, -0.1) is 0 Å². The van der Waals surface area contributed by atoms with Gasteiger partial charge in [-0.25, -0.2) is 0 Å². The molecule has 0 saturated carbocycles. The minimum absolute atomic E-state index is 1.03. The van der Waals surface area contributed by atoms with Crippen molar-refractivity contribution < 1.29 is 0 Å². The molecule has 0 bridgehead atoms. The Hall–Kier alpha value is 0.0249. The monoisotopic (exact) mass is 139 g/mol. The summed E-state index contributed by atoms with van der Waals surface area (Å²) in [5.41, 5.74) is 0. The van der Waals surface area contributed by atoms with Gasteiger partial charge in [0.25, 0.3) is 0 Å². The number of rotatable bonds is 1. The molecule has 10 heavy (non-hydrogen) atoms. The fourth-order valence-corrected chi connectivity index (χ4v) is 1.71. The third kappa shape index (κ3) is 2.74. The first-order chi connectivity index (χ1) is 4.93. The van der Waals surface area contributed by atoms with E-state index in [0.717, 1.165) is 5.92 Å². The average molecular weight is 139 g/mol. The van der Waals surface area contributed by atoms with Gasteiger partial charge < -0.3 is 5.32 Å². The quantitative estimate of drug-likeness (QED) is 0.530. The Morgan fingerprint density at radius 3 is 2.30 bits per heavy atom. The number of hydrogen-bond donors (Lipinski definition) is 1. The normalized spacial score (nSPS) is 23.6. The Morgan fingerprint density at radius 1 is 1.20 bits per heavy atom. The standard InChI is InChI=1S/C8H18BN/c9-7-8-3-1-5-10-6-2-4-8/h8,10H,1-7,9H2. The fourth-order valence-electron chi connectivity index (χ4n) is 1.71. The van der Waals surface area contributed by atoms with Crippen LogP contribution in [-0.4, -0.2) is 20.9 Å². The maximum Gasteiger partial charge on any atom is 0.101 e. The van der Waals surface area contributed by atoms with Crippen LogP contribution in [0.2, 0.25) is 6.32 Å². The molecule has 1 aliphatic rings. The number of hydrogen-bond acceptors (Lipinski definition) is 1. The largest absolute Gasteiger partial charge is 0.317 e. The summed E-state index contributed by atoms with van der Waals surface area (Å²) in [6, 6.07) is 0. The highest BCUT2D eigenvalue weighted by atomic mass is 14.8. The van der Waals surface area contributed by atoms with Crippen molar-refractivity contribution in [2.24, 2.45) is 5.92 Å². The van der Waals surface area contributed by atoms with Crippen LogP contribution in [0, 0.1) is 5.92 Å². The maximum atomic E-state index is 3.43. The van der Waals surface area contributed by atoms with Gasteiger partial charge in [0.15, 0.2) is 0 Å². The van der Waals surface area contributed by atoms with E-state index in [1.807, 2.05) is 0 Å². The molecule has 1 heterocycles. The highest BCUT2D eigenvalue weighted by Gasteiger charge is 2.07. The molecule has 0 unspecified atom stereocenters. The molecule has 0 spiro atoms. The van der Waals surface area contributed by atoms with Crippen LogP contribution in [0.4, 0.5) is 0 Å². The minimum atomic E-state index is 1.03. The molecule has 1 saturated heterocycles. The molecule has 0 aromatic heterocycles. The van der Waals surface area contributed by atoms with Crippen molar-refractivity contribution in [3.8, 4) is 0 Å². The molecular weight excluding hydrogens is 121 g/mol. The van der Waals surface area contributed by atoms with Gasteiger partial charge in [-0.05, 0) is 44.7 Å². The zero-order valence-corrected chi connectivity index (χ0v) is 7.03. The molecule has 0 aromatic carbocycles. The molecule has 0 aliphatic carbocycles. The number of nitrogens with one attached hydrogen (secondary N) is 1. The van der Waals surface area contributed by atoms with Crippen molar-refractivity contribution in [1.82, 2.24) is 5.32 Å². The topological polar surface area (TPSA) is 12.0 Å². The molecule has 1 N–H and O–H groups in total. The van der Waals surface area contributed by atoms with Gasteiger partial charge in [0.1, 0.15) is 7.85 Å². The first-order valence-corrected chi connectivity index (χ1v) is 4.64. The van der Waals surface area contributed by atoms with E-state index in [4.69, 9.17) is 0 Å². The average Bonchev–Trinajstić information content (AvgIpc) is 1.87. The lowest BCUT2D eigenvalue weighted by atomic mass is 9.84. The molecule has 1 aliphatic heterocycles. The Bertz CT molecular complexity index is 77.3. The lowest BCUT2D eigenvalue weighted by Gasteiger charge is -2.18. The van der Waals surface area contributed by atoms with Crippen LogP contribution >= 0.6 is 0 Å². The zero-order chi connectivity index (χ0) is 7.23. The van der Waals surface area contributed by atoms with Crippen LogP contribution in [0.25, 0.3) is 0 Å². The van der Waals surface area contributed by atoms with Gasteiger partial charge in [-0.2, -0.15) is 0 Å². The first-order valence-electron chi connectivity index (χ1n) is 4.64. The molecule has 0 amide bonds. The highest BCUT2D eigenvalue weighted by molar-refractivity contribution is 6.08. The van der Waals surface area contributed by atoms with E-state index < -0.39 is 0 Å². The predicted molar refractivity (Wildman–Crippen MR) is 48.2 cm³/mol. The van der Waals surface area contributed by atoms with E-state index in [1.54, 1.807) is 0 Å². The molecule has 0 atom stereocenters. The minimum Gasteiger partial charge on any atom is -0.317 e. The Morgan fingerprint density at radius 2 is 1.80 bits per heavy atom. The van der Waals surface area contributed by atoms with Crippen LogP contribution in [0.15, 0.2) is 0 Å². The van der Waals surface area contributed by atoms with Gasteiger partial charge in [-0.1, -0.05) is 6.32 Å². The summed E-state index contributed by atoms with van der Waals surface area (Å²) in [7, 11) is 2.32. The molecule has 0 aromatic rings. The van der Waals surface area contributed by atoms with Crippen molar-refractivity contribution in [3.05, 3.63) is 0 Å². The van der Waals surface area contributed by atoms with Crippen molar-refractivity contribution in [3.63, 3.8) is 0 Å². The Balaban J connectivity index is 2.16. The van der Waals surface area contributed by atoms with Crippen LogP contribution in [0.1, 0.15) is 25.7 Å². The summed E-state index contributed by atoms with van der Waals surface area (Å²) in [6.07, 6.45) is 7.06. The first kappa shape index (κ1) is 8.12. The Kier molecular flexibility index (Phi) is 3.88. The van der Waals surface area contributed by atoms with Crippen molar-refractivity contribution in [2.75, 3.05) is 13.1 Å². The van der Waals surface area contributed by atoms with E-state index in [9.17, 15) is 0 Å². The predicted octanol–water partition coefficient (Wildman–Crippen LogP) is 0.818. The van der Waals surface area contributed by atoms with E-state index in [0.29, 0.717) is 0 Å². The van der Waals surface area contributed by atoms with E-state index >= 15 is 0 Å². The second-order valence-electron chi connectivity index (χ2n) is 3.31. The second-order valence-corrected chi connectivity index (χ2v) is 3.31. The van der Waals surface area contributed by atoms with E-state index in [1.165, 1.54) is 45.1 Å². The third-order valence-corrected chi connectivity index (χ3v) is 2.51. The summed E-state index contributed by atoms with van der Waals surface area (Å²) < 4.78 is 0. The van der Waals surface area contributed by atoms with E-state index in [2.05, 4.69) is 13.2 Å². The van der Waals surface area contributed by atoms with Crippen LogP contribution < -0.4 is 5.32 Å². The molecule has 1 fully saturated rings. The highest BCUT2D eigenvalue weighted by Crippen LogP contribution is 2.17. The van der Waals surface area contributed by atoms with Gasteiger partial charge >= 0.3 is 0 Å². The Labute approximate surface area is 65.0 Å². The van der Waals surface area contributed by atoms with Crippen molar-refractivity contribution >= 4 is 7.85 Å². The van der Waals surface area contributed by atoms with E-state index in [-0.39, 0.29) is 0 Å². The maximum absolute atomic E-state index is 3.43. The third-order valence-electron chi connectivity index (χ3n) is 2.51. The smallest absolute Gasteiger partial charge is 0.101 e. The molecule has 1 rings (SSSR count). The van der Waals surface area contributed by atoms with Crippen LogP contribution in [-0.2, 0) is 0 Å². The van der Waals surface area contributed by atoms with Crippen molar-refractivity contribution in [1.29, 1.82) is 0 Å². The molecular formula is C8H18BN. The van der Waals surface area contributed by atoms with Gasteiger partial charge in [0.2, 0.25) is 0 Å². The van der Waals surface area contributed by atoms with Crippen LogP contribution in [0.5, 0.6) is 0 Å².